The second-order valence-corrected chi connectivity index (χ2v) is 5.89. The summed E-state index contributed by atoms with van der Waals surface area (Å²) in [5, 5.41) is 2.92. The third-order valence-corrected chi connectivity index (χ3v) is 3.49. The van der Waals surface area contributed by atoms with Gasteiger partial charge in [0.25, 0.3) is 5.91 Å². The number of carbonyl (C=O) groups excluding carboxylic acids is 1. The van der Waals surface area contributed by atoms with Gasteiger partial charge in [-0.2, -0.15) is 0 Å². The molecule has 0 aliphatic carbocycles. The molecule has 21 heavy (non-hydrogen) atoms. The van der Waals surface area contributed by atoms with E-state index in [2.05, 4.69) is 19.2 Å². The molecular weight excluding hydrogens is 262 g/mol. The van der Waals surface area contributed by atoms with Gasteiger partial charge in [-0.3, -0.25) is 4.79 Å². The van der Waals surface area contributed by atoms with Crippen LogP contribution in [0.2, 0.25) is 0 Å². The molecule has 0 saturated heterocycles. The van der Waals surface area contributed by atoms with E-state index in [1.165, 1.54) is 5.56 Å². The predicted molar refractivity (Wildman–Crippen MR) is 87.7 cm³/mol. The van der Waals surface area contributed by atoms with Crippen molar-refractivity contribution < 1.29 is 4.79 Å². The number of benzene rings is 1. The minimum atomic E-state index is -0.141. The van der Waals surface area contributed by atoms with Crippen LogP contribution in [0, 0.1) is 0 Å². The molecule has 2 aromatic rings. The van der Waals surface area contributed by atoms with E-state index in [-0.39, 0.29) is 11.9 Å². The minimum absolute atomic E-state index is 0.141. The van der Waals surface area contributed by atoms with Crippen LogP contribution in [0.3, 0.4) is 0 Å². The average molecular weight is 285 g/mol. The Morgan fingerprint density at radius 1 is 1.14 bits per heavy atom. The summed E-state index contributed by atoms with van der Waals surface area (Å²) in [7, 11) is 0. The van der Waals surface area contributed by atoms with Gasteiger partial charge in [0.1, 0.15) is 5.69 Å². The molecule has 4 heteroatoms. The van der Waals surface area contributed by atoms with Gasteiger partial charge in [-0.1, -0.05) is 26.0 Å². The van der Waals surface area contributed by atoms with Crippen LogP contribution in [0.4, 0.5) is 11.4 Å². The van der Waals surface area contributed by atoms with Crippen LogP contribution in [0.15, 0.2) is 36.5 Å². The lowest BCUT2D eigenvalue weighted by atomic mass is 10.0. The van der Waals surface area contributed by atoms with Crippen molar-refractivity contribution in [2.24, 2.45) is 0 Å². The van der Waals surface area contributed by atoms with E-state index in [0.29, 0.717) is 17.3 Å². The fourth-order valence-electron chi connectivity index (χ4n) is 2.26. The Labute approximate surface area is 126 Å². The highest BCUT2D eigenvalue weighted by Crippen LogP contribution is 2.20. The summed E-state index contributed by atoms with van der Waals surface area (Å²) in [5.41, 5.74) is 9.02. The van der Waals surface area contributed by atoms with Crippen LogP contribution in [0.25, 0.3) is 0 Å². The Morgan fingerprint density at radius 2 is 1.76 bits per heavy atom. The number of aromatic nitrogens is 1. The molecule has 1 heterocycles. The van der Waals surface area contributed by atoms with Gasteiger partial charge in [0.2, 0.25) is 0 Å². The zero-order chi connectivity index (χ0) is 15.6. The number of nitrogens with zero attached hydrogens (tertiary/aromatic N) is 1. The smallest absolute Gasteiger partial charge is 0.272 e. The van der Waals surface area contributed by atoms with Crippen molar-refractivity contribution in [3.05, 3.63) is 47.8 Å². The Bertz CT molecular complexity index is 624. The first-order valence-corrected chi connectivity index (χ1v) is 7.27. The van der Waals surface area contributed by atoms with Crippen molar-refractivity contribution >= 4 is 17.3 Å². The summed E-state index contributed by atoms with van der Waals surface area (Å²) in [6, 6.07) is 9.83. The first-order valence-electron chi connectivity index (χ1n) is 7.27. The molecule has 1 aromatic heterocycles. The van der Waals surface area contributed by atoms with Gasteiger partial charge in [0, 0.05) is 17.9 Å². The van der Waals surface area contributed by atoms with E-state index in [0.717, 1.165) is 5.69 Å². The molecule has 0 spiro atoms. The molecule has 1 aromatic carbocycles. The molecule has 0 aliphatic rings. The van der Waals surface area contributed by atoms with Crippen molar-refractivity contribution in [1.82, 2.24) is 4.57 Å². The number of hydrogen-bond donors (Lipinski definition) is 2. The standard InChI is InChI=1S/C17H23N3O/c1-11(2)13-5-7-15(8-6-13)19-17(21)16-9-14(18)10-20(16)12(3)4/h5-12H,18H2,1-4H3,(H,19,21). The summed E-state index contributed by atoms with van der Waals surface area (Å²) in [6.07, 6.45) is 1.79. The average Bonchev–Trinajstić information content (AvgIpc) is 2.82. The zero-order valence-corrected chi connectivity index (χ0v) is 13.1. The largest absolute Gasteiger partial charge is 0.397 e. The van der Waals surface area contributed by atoms with Crippen LogP contribution >= 0.6 is 0 Å². The van der Waals surface area contributed by atoms with Crippen LogP contribution < -0.4 is 11.1 Å². The summed E-state index contributed by atoms with van der Waals surface area (Å²) >= 11 is 0. The van der Waals surface area contributed by atoms with Gasteiger partial charge >= 0.3 is 0 Å². The summed E-state index contributed by atoms with van der Waals surface area (Å²) in [4.78, 5) is 12.4. The molecule has 1 amide bonds. The number of hydrogen-bond acceptors (Lipinski definition) is 2. The lowest BCUT2D eigenvalue weighted by Crippen LogP contribution is -2.17. The maximum absolute atomic E-state index is 12.4. The molecule has 2 rings (SSSR count). The first-order chi connectivity index (χ1) is 9.88. The van der Waals surface area contributed by atoms with Gasteiger partial charge in [-0.15, -0.1) is 0 Å². The van der Waals surface area contributed by atoms with Crippen molar-refractivity contribution in [2.75, 3.05) is 11.1 Å². The monoisotopic (exact) mass is 285 g/mol. The Balaban J connectivity index is 2.18. The normalized spacial score (nSPS) is 11.1. The van der Waals surface area contributed by atoms with Crippen molar-refractivity contribution in [1.29, 1.82) is 0 Å². The Morgan fingerprint density at radius 3 is 2.29 bits per heavy atom. The van der Waals surface area contributed by atoms with Gasteiger partial charge in [0.15, 0.2) is 0 Å². The number of nitrogen functional groups attached to an aromatic ring is 1. The number of anilines is 2. The van der Waals surface area contributed by atoms with E-state index in [9.17, 15) is 4.79 Å². The lowest BCUT2D eigenvalue weighted by molar-refractivity contribution is 0.101. The number of carbonyl (C=O) groups is 1. The SMILES string of the molecule is CC(C)c1ccc(NC(=O)c2cc(N)cn2C(C)C)cc1. The van der Waals surface area contributed by atoms with Crippen LogP contribution in [-0.4, -0.2) is 10.5 Å². The fourth-order valence-corrected chi connectivity index (χ4v) is 2.26. The topological polar surface area (TPSA) is 60.1 Å². The molecule has 0 fully saturated rings. The van der Waals surface area contributed by atoms with Gasteiger partial charge in [-0.05, 0) is 43.5 Å². The quantitative estimate of drug-likeness (QED) is 0.891. The molecule has 0 radical (unpaired) electrons. The Hall–Kier alpha value is -2.23. The van der Waals surface area contributed by atoms with Crippen molar-refractivity contribution in [2.45, 2.75) is 39.7 Å². The lowest BCUT2D eigenvalue weighted by Gasteiger charge is -2.13. The van der Waals surface area contributed by atoms with Crippen LogP contribution in [0.5, 0.6) is 0 Å². The molecule has 0 bridgehead atoms. The van der Waals surface area contributed by atoms with Gasteiger partial charge in [-0.25, -0.2) is 0 Å². The van der Waals surface area contributed by atoms with Gasteiger partial charge in [0.05, 0.1) is 5.69 Å². The van der Waals surface area contributed by atoms with E-state index >= 15 is 0 Å². The van der Waals surface area contributed by atoms with E-state index < -0.39 is 0 Å². The maximum atomic E-state index is 12.4. The third kappa shape index (κ3) is 3.45. The second kappa shape index (κ2) is 6.04. The first kappa shape index (κ1) is 15.2. The molecule has 0 atom stereocenters. The highest BCUT2D eigenvalue weighted by molar-refractivity contribution is 6.03. The molecule has 0 unspecified atom stereocenters. The number of nitrogens with two attached hydrogens (primary N) is 1. The Kier molecular flexibility index (Phi) is 4.36. The molecule has 4 nitrogen and oxygen atoms in total. The number of nitrogens with one attached hydrogen (secondary N) is 1. The second-order valence-electron chi connectivity index (χ2n) is 5.89. The van der Waals surface area contributed by atoms with Gasteiger partial charge < -0.3 is 15.6 Å². The van der Waals surface area contributed by atoms with Crippen molar-refractivity contribution in [3.8, 4) is 0 Å². The maximum Gasteiger partial charge on any atom is 0.272 e. The summed E-state index contributed by atoms with van der Waals surface area (Å²) in [6.45, 7) is 8.33. The van der Waals surface area contributed by atoms with E-state index in [1.54, 1.807) is 12.3 Å². The predicted octanol–water partition coefficient (Wildman–Crippen LogP) is 4.03. The summed E-state index contributed by atoms with van der Waals surface area (Å²) < 4.78 is 1.88. The van der Waals surface area contributed by atoms with Crippen molar-refractivity contribution in [3.63, 3.8) is 0 Å². The highest BCUT2D eigenvalue weighted by Gasteiger charge is 2.15. The summed E-state index contributed by atoms with van der Waals surface area (Å²) in [5.74, 6) is 0.338. The molecule has 0 saturated carbocycles. The molecule has 112 valence electrons. The number of amides is 1. The van der Waals surface area contributed by atoms with E-state index in [4.69, 9.17) is 5.73 Å². The van der Waals surface area contributed by atoms with Crippen LogP contribution in [-0.2, 0) is 0 Å². The van der Waals surface area contributed by atoms with Crippen LogP contribution in [0.1, 0.15) is 55.7 Å². The highest BCUT2D eigenvalue weighted by atomic mass is 16.1. The zero-order valence-electron chi connectivity index (χ0n) is 13.1. The fraction of sp³-hybridized carbons (Fsp3) is 0.353. The van der Waals surface area contributed by atoms with E-state index in [1.807, 2.05) is 42.7 Å². The number of rotatable bonds is 4. The molecular formula is C17H23N3O. The molecule has 0 aliphatic heterocycles. The minimum Gasteiger partial charge on any atom is -0.397 e. The third-order valence-electron chi connectivity index (χ3n) is 3.49. The molecule has 3 N–H and O–H groups in total.